The van der Waals surface area contributed by atoms with Gasteiger partial charge in [0.15, 0.2) is 21.7 Å². The summed E-state index contributed by atoms with van der Waals surface area (Å²) in [5, 5.41) is 18.6. The first-order valence-electron chi connectivity index (χ1n) is 13.1. The number of Topliss-reactive ketones (excluding diaryl/α,β-unsaturated/α-hetero) is 1. The fraction of sp³-hybridized carbons (Fsp3) is 0.321. The number of halogens is 2. The summed E-state index contributed by atoms with van der Waals surface area (Å²) in [7, 11) is 1.40. The zero-order chi connectivity index (χ0) is 30.1. The quantitative estimate of drug-likeness (QED) is 0.212. The SMILES string of the molecule is CCn1cc(C(=O)O)c(=O)c2cc(F)c(N3CCN(c4nnc(SCC(=O)c5ccc(F)cc5)s4)C(C)C3)c(OC)c21. The molecule has 10 nitrogen and oxygen atoms in total. The van der Waals surface area contributed by atoms with Crippen molar-refractivity contribution in [3.63, 3.8) is 0 Å². The van der Waals surface area contributed by atoms with Gasteiger partial charge in [-0.1, -0.05) is 23.1 Å². The van der Waals surface area contributed by atoms with Crippen LogP contribution in [0.3, 0.4) is 0 Å². The molecule has 0 bridgehead atoms. The number of carbonyl (C=O) groups excluding carboxylic acids is 1. The second-order valence-corrected chi connectivity index (χ2v) is 11.8. The number of carbonyl (C=O) groups is 2. The van der Waals surface area contributed by atoms with Crippen LogP contribution in [0.25, 0.3) is 10.9 Å². The van der Waals surface area contributed by atoms with Crippen LogP contribution in [-0.4, -0.2) is 70.2 Å². The van der Waals surface area contributed by atoms with Crippen LogP contribution in [0.4, 0.5) is 19.6 Å². The highest BCUT2D eigenvalue weighted by Gasteiger charge is 2.31. The summed E-state index contributed by atoms with van der Waals surface area (Å²) < 4.78 is 36.6. The van der Waals surface area contributed by atoms with Crippen molar-refractivity contribution in [3.8, 4) is 5.75 Å². The smallest absolute Gasteiger partial charge is 0.341 e. The average molecular weight is 616 g/mol. The van der Waals surface area contributed by atoms with E-state index in [1.165, 1.54) is 60.7 Å². The van der Waals surface area contributed by atoms with Gasteiger partial charge in [-0.15, -0.1) is 10.2 Å². The van der Waals surface area contributed by atoms with E-state index in [0.29, 0.717) is 46.7 Å². The van der Waals surface area contributed by atoms with Crippen molar-refractivity contribution in [2.75, 3.05) is 42.3 Å². The van der Waals surface area contributed by atoms with Gasteiger partial charge in [0.05, 0.1) is 23.8 Å². The third-order valence-electron chi connectivity index (χ3n) is 7.10. The number of ketones is 1. The first kappa shape index (κ1) is 29.5. The molecule has 1 atom stereocenters. The van der Waals surface area contributed by atoms with Crippen molar-refractivity contribution in [2.45, 2.75) is 30.8 Å². The topological polar surface area (TPSA) is 118 Å². The molecule has 1 aliphatic heterocycles. The monoisotopic (exact) mass is 615 g/mol. The number of aromatic nitrogens is 3. The molecule has 1 N–H and O–H groups in total. The Hall–Kier alpha value is -4.04. The van der Waals surface area contributed by atoms with E-state index < -0.39 is 28.6 Å². The first-order chi connectivity index (χ1) is 20.1. The van der Waals surface area contributed by atoms with E-state index >= 15 is 4.39 Å². The zero-order valence-corrected chi connectivity index (χ0v) is 24.6. The van der Waals surface area contributed by atoms with Gasteiger partial charge in [0.25, 0.3) is 0 Å². The van der Waals surface area contributed by atoms with Crippen molar-refractivity contribution < 1.29 is 28.2 Å². The van der Waals surface area contributed by atoms with E-state index in [4.69, 9.17) is 4.74 Å². The number of anilines is 2. The highest BCUT2D eigenvalue weighted by molar-refractivity contribution is 8.01. The van der Waals surface area contributed by atoms with Crippen molar-refractivity contribution in [3.05, 3.63) is 69.5 Å². The Kier molecular flexibility index (Phi) is 8.45. The van der Waals surface area contributed by atoms with Gasteiger partial charge >= 0.3 is 5.97 Å². The molecule has 2 aromatic carbocycles. The summed E-state index contributed by atoms with van der Waals surface area (Å²) in [6.07, 6.45) is 1.26. The molecule has 0 spiro atoms. The lowest BCUT2D eigenvalue weighted by Crippen LogP contribution is -2.52. The minimum atomic E-state index is -1.38. The first-order valence-corrected chi connectivity index (χ1v) is 14.9. The van der Waals surface area contributed by atoms with Crippen LogP contribution >= 0.6 is 23.1 Å². The molecule has 220 valence electrons. The molecule has 2 aromatic heterocycles. The van der Waals surface area contributed by atoms with Crippen molar-refractivity contribution in [1.29, 1.82) is 0 Å². The number of nitrogens with zero attached hydrogens (tertiary/aromatic N) is 5. The fourth-order valence-electron chi connectivity index (χ4n) is 5.05. The molecule has 1 fully saturated rings. The predicted molar refractivity (Wildman–Crippen MR) is 158 cm³/mol. The van der Waals surface area contributed by atoms with E-state index in [1.807, 2.05) is 11.8 Å². The van der Waals surface area contributed by atoms with Gasteiger partial charge in [0.1, 0.15) is 17.1 Å². The molecule has 0 amide bonds. The molecule has 1 aliphatic rings. The number of hydrogen-bond acceptors (Lipinski definition) is 10. The highest BCUT2D eigenvalue weighted by atomic mass is 32.2. The van der Waals surface area contributed by atoms with Gasteiger partial charge in [0, 0.05) is 44.0 Å². The number of fused-ring (bicyclic) bond motifs is 1. The molecule has 5 rings (SSSR count). The molecule has 0 aliphatic carbocycles. The maximum atomic E-state index is 15.6. The normalized spacial score (nSPS) is 15.3. The summed E-state index contributed by atoms with van der Waals surface area (Å²) in [5.41, 5.74) is -0.243. The van der Waals surface area contributed by atoms with E-state index in [9.17, 15) is 23.9 Å². The van der Waals surface area contributed by atoms with Crippen molar-refractivity contribution >= 4 is 56.6 Å². The maximum absolute atomic E-state index is 15.6. The van der Waals surface area contributed by atoms with Gasteiger partial charge in [-0.2, -0.15) is 0 Å². The molecule has 1 unspecified atom stereocenters. The van der Waals surface area contributed by atoms with Crippen LogP contribution in [0.2, 0.25) is 0 Å². The highest BCUT2D eigenvalue weighted by Crippen LogP contribution is 2.40. The van der Waals surface area contributed by atoms with Crippen molar-refractivity contribution in [1.82, 2.24) is 14.8 Å². The van der Waals surface area contributed by atoms with Gasteiger partial charge in [-0.3, -0.25) is 9.59 Å². The second-order valence-electron chi connectivity index (χ2n) is 9.66. The number of rotatable bonds is 9. The summed E-state index contributed by atoms with van der Waals surface area (Å²) in [5.74, 6) is -2.29. The second kappa shape index (κ2) is 12.1. The van der Waals surface area contributed by atoms with Gasteiger partial charge in [-0.25, -0.2) is 13.6 Å². The number of carboxylic acid groups (broad SMARTS) is 1. The Balaban J connectivity index is 1.35. The van der Waals surface area contributed by atoms with Gasteiger partial charge < -0.3 is 24.2 Å². The number of thioether (sulfide) groups is 1. The Morgan fingerprint density at radius 2 is 1.93 bits per heavy atom. The van der Waals surface area contributed by atoms with Crippen LogP contribution in [0.1, 0.15) is 34.6 Å². The largest absolute Gasteiger partial charge is 0.492 e. The number of aromatic carboxylic acids is 1. The molecule has 0 saturated carbocycles. The number of methoxy groups -OCH3 is 1. The number of aryl methyl sites for hydroxylation is 1. The standard InChI is InChI=1S/C28H27F2N5O5S2/c1-4-33-13-19(26(38)39)24(37)18-11-20(30)23(25(40-3)22(18)33)34-9-10-35(15(2)12-34)27-31-32-28(42-27)41-14-21(36)16-5-7-17(29)8-6-16/h5-8,11,13,15H,4,9-10,12,14H2,1-3H3,(H,38,39). The molecular weight excluding hydrogens is 588 g/mol. The number of ether oxygens (including phenoxy) is 1. The summed E-state index contributed by atoms with van der Waals surface area (Å²) in [4.78, 5) is 40.9. The van der Waals surface area contributed by atoms with Crippen LogP contribution < -0.4 is 20.0 Å². The minimum Gasteiger partial charge on any atom is -0.492 e. The van der Waals surface area contributed by atoms with E-state index in [0.717, 1.165) is 6.07 Å². The van der Waals surface area contributed by atoms with Crippen LogP contribution in [-0.2, 0) is 6.54 Å². The minimum absolute atomic E-state index is 0.0571. The zero-order valence-electron chi connectivity index (χ0n) is 23.0. The lowest BCUT2D eigenvalue weighted by molar-refractivity contribution is 0.0694. The van der Waals surface area contributed by atoms with Gasteiger partial charge in [0.2, 0.25) is 10.6 Å². The van der Waals surface area contributed by atoms with E-state index in [2.05, 4.69) is 15.1 Å². The predicted octanol–water partition coefficient (Wildman–Crippen LogP) is 4.55. The molecule has 1 saturated heterocycles. The van der Waals surface area contributed by atoms with Gasteiger partial charge in [-0.05, 0) is 44.2 Å². The number of hydrogen-bond donors (Lipinski definition) is 1. The Labute approximate surface area is 247 Å². The van der Waals surface area contributed by atoms with Crippen LogP contribution in [0, 0.1) is 11.6 Å². The third kappa shape index (κ3) is 5.55. The molecule has 3 heterocycles. The van der Waals surface area contributed by atoms with Crippen LogP contribution in [0.5, 0.6) is 5.75 Å². The summed E-state index contributed by atoms with van der Waals surface area (Å²) in [6, 6.07) is 6.39. The Morgan fingerprint density at radius 3 is 2.57 bits per heavy atom. The average Bonchev–Trinajstić information content (AvgIpc) is 3.44. The Bertz CT molecular complexity index is 1730. The number of benzene rings is 2. The van der Waals surface area contributed by atoms with E-state index in [-0.39, 0.29) is 34.4 Å². The lowest BCUT2D eigenvalue weighted by atomic mass is 10.1. The number of piperazine rings is 1. The lowest BCUT2D eigenvalue weighted by Gasteiger charge is -2.41. The van der Waals surface area contributed by atoms with Crippen molar-refractivity contribution in [2.24, 2.45) is 0 Å². The molecule has 4 aromatic rings. The maximum Gasteiger partial charge on any atom is 0.341 e. The molecule has 42 heavy (non-hydrogen) atoms. The molecule has 14 heteroatoms. The molecular formula is C28H27F2N5O5S2. The van der Waals surface area contributed by atoms with E-state index in [1.54, 1.807) is 11.5 Å². The fourth-order valence-corrected chi connectivity index (χ4v) is 6.91. The third-order valence-corrected chi connectivity index (χ3v) is 9.19. The number of pyridine rings is 1. The molecule has 0 radical (unpaired) electrons. The number of carboxylic acids is 1. The Morgan fingerprint density at radius 1 is 1.19 bits per heavy atom. The summed E-state index contributed by atoms with van der Waals surface area (Å²) in [6.45, 7) is 5.44. The summed E-state index contributed by atoms with van der Waals surface area (Å²) >= 11 is 2.61. The van der Waals surface area contributed by atoms with Crippen LogP contribution in [0.15, 0.2) is 45.7 Å².